The first-order chi connectivity index (χ1) is 7.59. The Kier molecular flexibility index (Phi) is 3.50. The molecule has 2 heterocycles. The van der Waals surface area contributed by atoms with Gasteiger partial charge >= 0.3 is 0 Å². The van der Waals surface area contributed by atoms with Gasteiger partial charge in [0.25, 0.3) is 0 Å². The van der Waals surface area contributed by atoms with Crippen molar-refractivity contribution in [2.75, 3.05) is 20.1 Å². The molecule has 1 N–H and O–H groups in total. The predicted octanol–water partition coefficient (Wildman–Crippen LogP) is 0.637. The van der Waals surface area contributed by atoms with Crippen LogP contribution in [0.4, 0.5) is 0 Å². The Morgan fingerprint density at radius 2 is 2.12 bits per heavy atom. The Morgan fingerprint density at radius 1 is 1.38 bits per heavy atom. The topological polar surface area (TPSA) is 35.6 Å². The van der Waals surface area contributed by atoms with Gasteiger partial charge in [0.1, 0.15) is 0 Å². The molecule has 1 amide bonds. The third-order valence-corrected chi connectivity index (χ3v) is 3.94. The molecule has 3 atom stereocenters. The number of nitrogens with zero attached hydrogens (tertiary/aromatic N) is 2. The van der Waals surface area contributed by atoms with E-state index in [1.807, 2.05) is 11.8 Å². The molecule has 0 radical (unpaired) electrons. The van der Waals surface area contributed by atoms with Gasteiger partial charge in [0.2, 0.25) is 5.91 Å². The average molecular weight is 225 g/mol. The van der Waals surface area contributed by atoms with Crippen LogP contribution in [-0.2, 0) is 4.79 Å². The molecule has 92 valence electrons. The number of nitrogens with one attached hydrogen (secondary N) is 1. The zero-order chi connectivity index (χ0) is 11.7. The molecule has 0 saturated carbocycles. The molecule has 4 heteroatoms. The van der Waals surface area contributed by atoms with Crippen LogP contribution >= 0.6 is 0 Å². The maximum atomic E-state index is 11.9. The van der Waals surface area contributed by atoms with Gasteiger partial charge in [0.05, 0.1) is 12.2 Å². The Labute approximate surface area is 98.0 Å². The number of likely N-dealkylation sites (tertiary alicyclic amines) is 1. The van der Waals surface area contributed by atoms with Gasteiger partial charge in [-0.25, -0.2) is 0 Å². The second-order valence-corrected chi connectivity index (χ2v) is 5.19. The van der Waals surface area contributed by atoms with E-state index >= 15 is 0 Å². The average Bonchev–Trinajstić information content (AvgIpc) is 2.48. The van der Waals surface area contributed by atoms with Gasteiger partial charge in [-0.15, -0.1) is 0 Å². The van der Waals surface area contributed by atoms with Crippen LogP contribution < -0.4 is 5.32 Å². The normalized spacial score (nSPS) is 37.1. The molecule has 2 rings (SSSR count). The van der Waals surface area contributed by atoms with E-state index in [0.717, 1.165) is 6.54 Å². The zero-order valence-corrected chi connectivity index (χ0v) is 10.6. The molecule has 16 heavy (non-hydrogen) atoms. The summed E-state index contributed by atoms with van der Waals surface area (Å²) in [6, 6.07) is 0.538. The minimum Gasteiger partial charge on any atom is -0.325 e. The molecule has 0 aromatic carbocycles. The van der Waals surface area contributed by atoms with Gasteiger partial charge < -0.3 is 9.80 Å². The van der Waals surface area contributed by atoms with Crippen LogP contribution in [0.5, 0.6) is 0 Å². The monoisotopic (exact) mass is 225 g/mol. The van der Waals surface area contributed by atoms with Gasteiger partial charge in [0, 0.05) is 12.6 Å². The van der Waals surface area contributed by atoms with Crippen molar-refractivity contribution < 1.29 is 4.79 Å². The van der Waals surface area contributed by atoms with E-state index in [9.17, 15) is 4.79 Å². The van der Waals surface area contributed by atoms with Crippen LogP contribution in [0.3, 0.4) is 0 Å². The van der Waals surface area contributed by atoms with E-state index in [2.05, 4.69) is 24.2 Å². The summed E-state index contributed by atoms with van der Waals surface area (Å²) in [5.41, 5.74) is 0. The fourth-order valence-electron chi connectivity index (χ4n) is 2.81. The van der Waals surface area contributed by atoms with Crippen molar-refractivity contribution in [2.24, 2.45) is 0 Å². The molecule has 3 unspecified atom stereocenters. The minimum atomic E-state index is -0.0103. The van der Waals surface area contributed by atoms with Crippen LogP contribution in [0.15, 0.2) is 0 Å². The Bertz CT molecular complexity index is 269. The van der Waals surface area contributed by atoms with E-state index in [1.54, 1.807) is 0 Å². The summed E-state index contributed by atoms with van der Waals surface area (Å²) in [4.78, 5) is 16.3. The van der Waals surface area contributed by atoms with Crippen molar-refractivity contribution in [1.29, 1.82) is 0 Å². The molecule has 2 aliphatic rings. The van der Waals surface area contributed by atoms with Crippen molar-refractivity contribution in [3.8, 4) is 0 Å². The third-order valence-electron chi connectivity index (χ3n) is 3.94. The van der Waals surface area contributed by atoms with E-state index in [0.29, 0.717) is 6.04 Å². The highest BCUT2D eigenvalue weighted by Gasteiger charge is 2.35. The number of piperidine rings is 1. The van der Waals surface area contributed by atoms with E-state index in [4.69, 9.17) is 0 Å². The summed E-state index contributed by atoms with van der Waals surface area (Å²) in [6.45, 7) is 6.07. The van der Waals surface area contributed by atoms with Gasteiger partial charge in [-0.05, 0) is 40.3 Å². The minimum absolute atomic E-state index is 0.0103. The maximum absolute atomic E-state index is 11.9. The molecule has 0 aliphatic carbocycles. The van der Waals surface area contributed by atoms with Crippen molar-refractivity contribution in [1.82, 2.24) is 15.1 Å². The highest BCUT2D eigenvalue weighted by atomic mass is 16.2. The van der Waals surface area contributed by atoms with Crippen LogP contribution in [0.25, 0.3) is 0 Å². The Hall–Kier alpha value is -0.610. The number of rotatable bonds is 2. The van der Waals surface area contributed by atoms with Gasteiger partial charge in [-0.3, -0.25) is 10.1 Å². The van der Waals surface area contributed by atoms with Crippen molar-refractivity contribution in [3.05, 3.63) is 0 Å². The zero-order valence-electron chi connectivity index (χ0n) is 10.6. The van der Waals surface area contributed by atoms with Crippen LogP contribution in [-0.4, -0.2) is 54.1 Å². The number of hydrogen-bond acceptors (Lipinski definition) is 3. The lowest BCUT2D eigenvalue weighted by molar-refractivity contribution is -0.130. The van der Waals surface area contributed by atoms with Crippen LogP contribution in [0.1, 0.15) is 33.1 Å². The van der Waals surface area contributed by atoms with Crippen LogP contribution in [0, 0.1) is 0 Å². The molecular formula is C12H23N3O. The standard InChI is InChI=1S/C12H23N3O/c1-9-12(16)15(10(2)13-9)8-11-6-4-5-7-14(11)3/h9-11,13H,4-8H2,1-3H3. The van der Waals surface area contributed by atoms with Crippen molar-refractivity contribution >= 4 is 5.91 Å². The quantitative estimate of drug-likeness (QED) is 0.749. The van der Waals surface area contributed by atoms with Crippen LogP contribution in [0.2, 0.25) is 0 Å². The Balaban J connectivity index is 1.95. The summed E-state index contributed by atoms with van der Waals surface area (Å²) in [7, 11) is 2.17. The lowest BCUT2D eigenvalue weighted by atomic mass is 10.0. The van der Waals surface area contributed by atoms with Gasteiger partial charge in [-0.2, -0.15) is 0 Å². The number of amides is 1. The number of carbonyl (C=O) groups is 1. The lowest BCUT2D eigenvalue weighted by Crippen LogP contribution is -2.47. The highest BCUT2D eigenvalue weighted by Crippen LogP contribution is 2.19. The van der Waals surface area contributed by atoms with Gasteiger partial charge in [-0.1, -0.05) is 6.42 Å². The summed E-state index contributed by atoms with van der Waals surface area (Å²) >= 11 is 0. The number of carbonyl (C=O) groups excluding carboxylic acids is 1. The second-order valence-electron chi connectivity index (χ2n) is 5.19. The number of hydrogen-bond donors (Lipinski definition) is 1. The molecular weight excluding hydrogens is 202 g/mol. The fourth-order valence-corrected chi connectivity index (χ4v) is 2.81. The first kappa shape index (κ1) is 11.9. The SMILES string of the molecule is CC1NC(C)N(CC2CCCCN2C)C1=O. The maximum Gasteiger partial charge on any atom is 0.240 e. The molecule has 2 saturated heterocycles. The predicted molar refractivity (Wildman–Crippen MR) is 64.0 cm³/mol. The first-order valence-corrected chi connectivity index (χ1v) is 6.36. The van der Waals surface area contributed by atoms with Gasteiger partial charge in [0.15, 0.2) is 0 Å². The summed E-state index contributed by atoms with van der Waals surface area (Å²) in [5, 5.41) is 3.28. The van der Waals surface area contributed by atoms with Crippen molar-refractivity contribution in [2.45, 2.75) is 51.4 Å². The summed E-state index contributed by atoms with van der Waals surface area (Å²) in [6.07, 6.45) is 4.01. The van der Waals surface area contributed by atoms with E-state index in [-0.39, 0.29) is 18.1 Å². The third kappa shape index (κ3) is 2.23. The number of likely N-dealkylation sites (N-methyl/N-ethyl adjacent to an activating group) is 1. The first-order valence-electron chi connectivity index (χ1n) is 6.36. The molecule has 2 fully saturated rings. The summed E-state index contributed by atoms with van der Waals surface area (Å²) < 4.78 is 0. The highest BCUT2D eigenvalue weighted by molar-refractivity contribution is 5.83. The largest absolute Gasteiger partial charge is 0.325 e. The molecule has 0 bridgehead atoms. The lowest BCUT2D eigenvalue weighted by Gasteiger charge is -2.36. The van der Waals surface area contributed by atoms with Crippen molar-refractivity contribution in [3.63, 3.8) is 0 Å². The smallest absolute Gasteiger partial charge is 0.240 e. The Morgan fingerprint density at radius 3 is 2.69 bits per heavy atom. The van der Waals surface area contributed by atoms with E-state index in [1.165, 1.54) is 25.8 Å². The second kappa shape index (κ2) is 4.72. The van der Waals surface area contributed by atoms with E-state index < -0.39 is 0 Å². The molecule has 0 aromatic heterocycles. The fraction of sp³-hybridized carbons (Fsp3) is 0.917. The molecule has 2 aliphatic heterocycles. The molecule has 0 spiro atoms. The summed E-state index contributed by atoms with van der Waals surface area (Å²) in [5.74, 6) is 0.256. The molecule has 4 nitrogen and oxygen atoms in total. The molecule has 0 aromatic rings.